The van der Waals surface area contributed by atoms with E-state index in [0.717, 1.165) is 23.7 Å². The molecule has 2 aromatic heterocycles. The first kappa shape index (κ1) is 13.3. The fourth-order valence-corrected chi connectivity index (χ4v) is 2.91. The van der Waals surface area contributed by atoms with Crippen molar-refractivity contribution in [2.24, 2.45) is 0 Å². The fraction of sp³-hybridized carbons (Fsp3) is 0.267. The summed E-state index contributed by atoms with van der Waals surface area (Å²) in [7, 11) is 1.72. The number of aromatic nitrogens is 2. The van der Waals surface area contributed by atoms with E-state index in [1.807, 2.05) is 11.6 Å². The molecule has 3 rings (SSSR count). The van der Waals surface area contributed by atoms with Gasteiger partial charge in [-0.3, -0.25) is 4.40 Å². The first-order valence-corrected chi connectivity index (χ1v) is 7.41. The summed E-state index contributed by atoms with van der Waals surface area (Å²) >= 11 is 1.66. The van der Waals surface area contributed by atoms with Gasteiger partial charge in [0.05, 0.1) is 12.3 Å². The van der Waals surface area contributed by atoms with Crippen LogP contribution in [0.15, 0.2) is 42.0 Å². The average molecular weight is 287 g/mol. The maximum atomic E-state index is 5.15. The van der Waals surface area contributed by atoms with Crippen LogP contribution in [0.3, 0.4) is 0 Å². The van der Waals surface area contributed by atoms with E-state index in [1.54, 1.807) is 18.4 Å². The van der Waals surface area contributed by atoms with E-state index in [-0.39, 0.29) is 0 Å². The van der Waals surface area contributed by atoms with Crippen molar-refractivity contribution >= 4 is 16.3 Å². The molecule has 0 aliphatic heterocycles. The number of rotatable bonds is 6. The number of nitrogens with one attached hydrogen (secondary N) is 1. The van der Waals surface area contributed by atoms with Gasteiger partial charge in [0.15, 0.2) is 4.96 Å². The van der Waals surface area contributed by atoms with Crippen LogP contribution < -0.4 is 5.32 Å². The summed E-state index contributed by atoms with van der Waals surface area (Å²) in [5.41, 5.74) is 3.54. The number of imidazole rings is 1. The van der Waals surface area contributed by atoms with E-state index in [4.69, 9.17) is 4.74 Å². The summed E-state index contributed by atoms with van der Waals surface area (Å²) in [6.07, 6.45) is 4.10. The van der Waals surface area contributed by atoms with Gasteiger partial charge in [0.1, 0.15) is 0 Å². The molecule has 0 bridgehead atoms. The lowest BCUT2D eigenvalue weighted by atomic mass is 10.1. The van der Waals surface area contributed by atoms with Crippen molar-refractivity contribution in [1.29, 1.82) is 0 Å². The summed E-state index contributed by atoms with van der Waals surface area (Å²) in [5, 5.41) is 5.47. The number of thiazole rings is 1. The number of hydrogen-bond donors (Lipinski definition) is 1. The van der Waals surface area contributed by atoms with Gasteiger partial charge in [-0.15, -0.1) is 11.3 Å². The van der Waals surface area contributed by atoms with Crippen molar-refractivity contribution in [2.45, 2.75) is 19.7 Å². The maximum Gasteiger partial charge on any atom is 0.193 e. The molecule has 0 spiro atoms. The standard InChI is InChI=1S/C15H17N3OS/c1-19-11-13-4-2-3-12(7-13)8-16-9-14-10-18-5-6-20-15(18)17-14/h2-7,10,16H,8-9,11H2,1H3. The Labute approximate surface area is 122 Å². The molecule has 0 aliphatic rings. The second-order valence-electron chi connectivity index (χ2n) is 4.68. The molecule has 4 nitrogen and oxygen atoms in total. The second-order valence-corrected chi connectivity index (χ2v) is 5.55. The molecule has 3 aromatic rings. The SMILES string of the molecule is COCc1cccc(CNCc2cn3ccsc3n2)c1. The third-order valence-corrected chi connectivity index (χ3v) is 3.85. The highest BCUT2D eigenvalue weighted by Gasteiger charge is 2.02. The lowest BCUT2D eigenvalue weighted by molar-refractivity contribution is 0.185. The Bertz CT molecular complexity index is 661. The monoisotopic (exact) mass is 287 g/mol. The highest BCUT2D eigenvalue weighted by molar-refractivity contribution is 7.15. The molecule has 2 heterocycles. The van der Waals surface area contributed by atoms with Gasteiger partial charge in [0.2, 0.25) is 0 Å². The van der Waals surface area contributed by atoms with Crippen LogP contribution in [0.5, 0.6) is 0 Å². The minimum atomic E-state index is 0.658. The number of fused-ring (bicyclic) bond motifs is 1. The molecule has 5 heteroatoms. The molecule has 0 saturated heterocycles. The number of nitrogens with zero attached hydrogens (tertiary/aromatic N) is 2. The molecular weight excluding hydrogens is 270 g/mol. The topological polar surface area (TPSA) is 38.6 Å². The van der Waals surface area contributed by atoms with Crippen molar-refractivity contribution < 1.29 is 4.74 Å². The second kappa shape index (κ2) is 6.17. The smallest absolute Gasteiger partial charge is 0.193 e. The number of methoxy groups -OCH3 is 1. The molecule has 0 radical (unpaired) electrons. The van der Waals surface area contributed by atoms with E-state index >= 15 is 0 Å². The van der Waals surface area contributed by atoms with Crippen molar-refractivity contribution in [3.63, 3.8) is 0 Å². The van der Waals surface area contributed by atoms with Crippen LogP contribution in [0, 0.1) is 0 Å². The van der Waals surface area contributed by atoms with Crippen LogP contribution in [-0.2, 0) is 24.4 Å². The van der Waals surface area contributed by atoms with Crippen LogP contribution in [0.4, 0.5) is 0 Å². The number of hydrogen-bond acceptors (Lipinski definition) is 4. The Hall–Kier alpha value is -1.69. The number of ether oxygens (including phenoxy) is 1. The molecule has 0 saturated carbocycles. The van der Waals surface area contributed by atoms with Gasteiger partial charge < -0.3 is 10.1 Å². The van der Waals surface area contributed by atoms with E-state index < -0.39 is 0 Å². The van der Waals surface area contributed by atoms with E-state index in [2.05, 4.69) is 45.2 Å². The van der Waals surface area contributed by atoms with Crippen LogP contribution >= 0.6 is 11.3 Å². The van der Waals surface area contributed by atoms with E-state index in [9.17, 15) is 0 Å². The van der Waals surface area contributed by atoms with Crippen molar-refractivity contribution in [3.8, 4) is 0 Å². The summed E-state index contributed by atoms with van der Waals surface area (Å²) < 4.78 is 7.21. The van der Waals surface area contributed by atoms with Gasteiger partial charge in [-0.1, -0.05) is 24.3 Å². The molecule has 1 N–H and O–H groups in total. The largest absolute Gasteiger partial charge is 0.380 e. The molecule has 1 aromatic carbocycles. The Morgan fingerprint density at radius 1 is 1.30 bits per heavy atom. The zero-order valence-electron chi connectivity index (χ0n) is 11.4. The number of benzene rings is 1. The third kappa shape index (κ3) is 3.07. The molecule has 104 valence electrons. The van der Waals surface area contributed by atoms with Gasteiger partial charge >= 0.3 is 0 Å². The van der Waals surface area contributed by atoms with Crippen LogP contribution in [0.25, 0.3) is 4.96 Å². The Morgan fingerprint density at radius 2 is 2.20 bits per heavy atom. The van der Waals surface area contributed by atoms with Gasteiger partial charge in [0, 0.05) is 38.0 Å². The first-order valence-electron chi connectivity index (χ1n) is 6.54. The lowest BCUT2D eigenvalue weighted by Crippen LogP contribution is -2.13. The van der Waals surface area contributed by atoms with Gasteiger partial charge in [-0.05, 0) is 11.1 Å². The molecule has 0 fully saturated rings. The van der Waals surface area contributed by atoms with Gasteiger partial charge in [-0.25, -0.2) is 4.98 Å². The Balaban J connectivity index is 1.56. The van der Waals surface area contributed by atoms with Crippen LogP contribution in [-0.4, -0.2) is 16.5 Å². The molecular formula is C15H17N3OS. The predicted molar refractivity (Wildman–Crippen MR) is 80.8 cm³/mol. The molecule has 0 aliphatic carbocycles. The van der Waals surface area contributed by atoms with Gasteiger partial charge in [0.25, 0.3) is 0 Å². The molecule has 0 amide bonds. The summed E-state index contributed by atoms with van der Waals surface area (Å²) in [5.74, 6) is 0. The van der Waals surface area contributed by atoms with Gasteiger partial charge in [-0.2, -0.15) is 0 Å². The van der Waals surface area contributed by atoms with Crippen molar-refractivity contribution in [2.75, 3.05) is 7.11 Å². The minimum Gasteiger partial charge on any atom is -0.380 e. The van der Waals surface area contributed by atoms with Crippen molar-refractivity contribution in [1.82, 2.24) is 14.7 Å². The molecule has 0 atom stereocenters. The van der Waals surface area contributed by atoms with E-state index in [0.29, 0.717) is 6.61 Å². The highest BCUT2D eigenvalue weighted by atomic mass is 32.1. The third-order valence-electron chi connectivity index (χ3n) is 3.08. The van der Waals surface area contributed by atoms with Crippen molar-refractivity contribution in [3.05, 3.63) is 58.9 Å². The predicted octanol–water partition coefficient (Wildman–Crippen LogP) is 2.83. The van der Waals surface area contributed by atoms with Crippen LogP contribution in [0.1, 0.15) is 16.8 Å². The highest BCUT2D eigenvalue weighted by Crippen LogP contribution is 2.11. The maximum absolute atomic E-state index is 5.15. The molecule has 0 unspecified atom stereocenters. The summed E-state index contributed by atoms with van der Waals surface area (Å²) in [6.45, 7) is 2.27. The first-order chi connectivity index (χ1) is 9.85. The zero-order chi connectivity index (χ0) is 13.8. The van der Waals surface area contributed by atoms with E-state index in [1.165, 1.54) is 11.1 Å². The summed E-state index contributed by atoms with van der Waals surface area (Å²) in [4.78, 5) is 5.60. The van der Waals surface area contributed by atoms with Crippen LogP contribution in [0.2, 0.25) is 0 Å². The quantitative estimate of drug-likeness (QED) is 0.757. The Kier molecular flexibility index (Phi) is 4.11. The normalized spacial score (nSPS) is 11.2. The fourth-order valence-electron chi connectivity index (χ4n) is 2.19. The summed E-state index contributed by atoms with van der Waals surface area (Å²) in [6, 6.07) is 8.44. The molecule has 20 heavy (non-hydrogen) atoms. The minimum absolute atomic E-state index is 0.658. The Morgan fingerprint density at radius 3 is 3.05 bits per heavy atom. The zero-order valence-corrected chi connectivity index (χ0v) is 12.2. The average Bonchev–Trinajstić information content (AvgIpc) is 3.00. The lowest BCUT2D eigenvalue weighted by Gasteiger charge is -2.05.